The average molecular weight is 361 g/mol. The minimum absolute atomic E-state index is 0.206. The molecule has 2 heterocycles. The molecule has 5 rings (SSSR count). The first-order valence-corrected chi connectivity index (χ1v) is 10.4. The molecule has 3 aliphatic carbocycles. The molecule has 26 heavy (non-hydrogen) atoms. The van der Waals surface area contributed by atoms with Gasteiger partial charge in [0.25, 0.3) is 0 Å². The summed E-state index contributed by atoms with van der Waals surface area (Å²) in [5, 5.41) is 9.46. The predicted molar refractivity (Wildman–Crippen MR) is 97.4 cm³/mol. The minimum atomic E-state index is -0.728. The largest absolute Gasteiger partial charge is 0.481 e. The Balaban J connectivity index is 1.28. The summed E-state index contributed by atoms with van der Waals surface area (Å²) < 4.78 is 5.38. The highest BCUT2D eigenvalue weighted by molar-refractivity contribution is 5.76. The van der Waals surface area contributed by atoms with E-state index in [1.807, 2.05) is 4.90 Å². The molecule has 0 radical (unpaired) electrons. The van der Waals surface area contributed by atoms with E-state index in [1.165, 1.54) is 19.3 Å². The van der Waals surface area contributed by atoms with E-state index in [4.69, 9.17) is 4.74 Å². The van der Waals surface area contributed by atoms with Crippen molar-refractivity contribution in [2.24, 2.45) is 35.5 Å². The molecule has 144 valence electrons. The molecule has 0 unspecified atom stereocenters. The van der Waals surface area contributed by atoms with E-state index < -0.39 is 5.97 Å². The summed E-state index contributed by atoms with van der Waals surface area (Å²) in [7, 11) is 0. The lowest BCUT2D eigenvalue weighted by Gasteiger charge is -2.41. The summed E-state index contributed by atoms with van der Waals surface area (Å²) in [6.45, 7) is 2.61. The zero-order chi connectivity index (χ0) is 18.1. The number of ether oxygens (including phenoxy) is 1. The van der Waals surface area contributed by atoms with E-state index >= 15 is 0 Å². The topological polar surface area (TPSA) is 66.8 Å². The molecule has 2 saturated heterocycles. The van der Waals surface area contributed by atoms with Crippen molar-refractivity contribution in [1.82, 2.24) is 4.90 Å². The fraction of sp³-hybridized carbons (Fsp3) is 0.810. The number of carboxylic acids is 1. The molecule has 1 saturated carbocycles. The molecule has 1 amide bonds. The Morgan fingerprint density at radius 3 is 2.50 bits per heavy atom. The standard InChI is InChI=1S/C21H31NO4/c23-20(12-17-11-14-1-3-15(17)4-2-14)22-8-5-16(6-9-22)18-7-10-26-13-19(18)21(24)25/h1,3,14-19H,2,4-13H2,(H,24,25)/t14-,15+,17+,18-,19-/m1/s1. The lowest BCUT2D eigenvalue weighted by Crippen LogP contribution is -2.45. The van der Waals surface area contributed by atoms with Crippen molar-refractivity contribution in [3.8, 4) is 0 Å². The molecule has 5 atom stereocenters. The number of amides is 1. The Labute approximate surface area is 155 Å². The van der Waals surface area contributed by atoms with Gasteiger partial charge in [-0.2, -0.15) is 0 Å². The molecule has 0 aromatic rings. The van der Waals surface area contributed by atoms with Crippen LogP contribution in [0.1, 0.15) is 44.9 Å². The van der Waals surface area contributed by atoms with Gasteiger partial charge >= 0.3 is 5.97 Å². The van der Waals surface area contributed by atoms with E-state index in [1.54, 1.807) is 0 Å². The van der Waals surface area contributed by atoms with Gasteiger partial charge in [0, 0.05) is 26.1 Å². The number of hydrogen-bond donors (Lipinski definition) is 1. The summed E-state index contributed by atoms with van der Waals surface area (Å²) in [5.74, 6) is 1.68. The molecule has 0 spiro atoms. The highest BCUT2D eigenvalue weighted by Crippen LogP contribution is 2.42. The fourth-order valence-corrected chi connectivity index (χ4v) is 5.79. The van der Waals surface area contributed by atoms with Gasteiger partial charge in [0.1, 0.15) is 0 Å². The van der Waals surface area contributed by atoms with Crippen LogP contribution in [0.2, 0.25) is 0 Å². The Bertz CT molecular complexity index is 566. The maximum Gasteiger partial charge on any atom is 0.309 e. The molecule has 2 aliphatic heterocycles. The second-order valence-electron chi connectivity index (χ2n) is 8.78. The number of fused-ring (bicyclic) bond motifs is 2. The molecule has 5 aliphatic rings. The van der Waals surface area contributed by atoms with Crippen LogP contribution in [0.4, 0.5) is 0 Å². The molecular weight excluding hydrogens is 330 g/mol. The van der Waals surface area contributed by atoms with Crippen molar-refractivity contribution in [3.05, 3.63) is 12.2 Å². The third kappa shape index (κ3) is 3.68. The zero-order valence-electron chi connectivity index (χ0n) is 15.5. The van der Waals surface area contributed by atoms with Crippen LogP contribution >= 0.6 is 0 Å². The number of carboxylic acid groups (broad SMARTS) is 1. The smallest absolute Gasteiger partial charge is 0.309 e. The molecule has 3 fully saturated rings. The van der Waals surface area contributed by atoms with Crippen molar-refractivity contribution in [2.75, 3.05) is 26.3 Å². The Morgan fingerprint density at radius 1 is 1.08 bits per heavy atom. The molecule has 5 nitrogen and oxygen atoms in total. The van der Waals surface area contributed by atoms with Crippen LogP contribution in [-0.4, -0.2) is 48.2 Å². The number of carbonyl (C=O) groups excluding carboxylic acids is 1. The Morgan fingerprint density at radius 2 is 1.88 bits per heavy atom. The second-order valence-corrected chi connectivity index (χ2v) is 8.78. The molecule has 1 N–H and O–H groups in total. The summed E-state index contributed by atoms with van der Waals surface area (Å²) in [4.78, 5) is 26.3. The first kappa shape index (κ1) is 18.0. The number of aliphatic carboxylic acids is 1. The van der Waals surface area contributed by atoms with Crippen LogP contribution in [0.15, 0.2) is 12.2 Å². The monoisotopic (exact) mass is 361 g/mol. The van der Waals surface area contributed by atoms with E-state index in [2.05, 4.69) is 12.2 Å². The molecule has 2 bridgehead atoms. The number of rotatable bonds is 4. The summed E-state index contributed by atoms with van der Waals surface area (Å²) >= 11 is 0. The van der Waals surface area contributed by atoms with Crippen molar-refractivity contribution < 1.29 is 19.4 Å². The molecule has 0 aromatic heterocycles. The second kappa shape index (κ2) is 7.71. The zero-order valence-corrected chi connectivity index (χ0v) is 15.5. The third-order valence-corrected chi connectivity index (χ3v) is 7.37. The van der Waals surface area contributed by atoms with Crippen molar-refractivity contribution >= 4 is 11.9 Å². The van der Waals surface area contributed by atoms with Gasteiger partial charge in [-0.15, -0.1) is 0 Å². The quantitative estimate of drug-likeness (QED) is 0.782. The summed E-state index contributed by atoms with van der Waals surface area (Å²) in [6, 6.07) is 0. The van der Waals surface area contributed by atoms with Crippen molar-refractivity contribution in [1.29, 1.82) is 0 Å². The highest BCUT2D eigenvalue weighted by atomic mass is 16.5. The lowest BCUT2D eigenvalue weighted by molar-refractivity contribution is -0.152. The van der Waals surface area contributed by atoms with E-state index in [-0.39, 0.29) is 11.8 Å². The third-order valence-electron chi connectivity index (χ3n) is 7.37. The predicted octanol–water partition coefficient (Wildman–Crippen LogP) is 2.95. The first-order chi connectivity index (χ1) is 12.6. The summed E-state index contributed by atoms with van der Waals surface area (Å²) in [5.41, 5.74) is 0. The number of hydrogen-bond acceptors (Lipinski definition) is 3. The number of nitrogens with zero attached hydrogens (tertiary/aromatic N) is 1. The average Bonchev–Trinajstić information content (AvgIpc) is 2.69. The van der Waals surface area contributed by atoms with Crippen molar-refractivity contribution in [3.63, 3.8) is 0 Å². The SMILES string of the molecule is O=C(O)[C@@H]1COCC[C@@H]1C1CCN(C(=O)C[C@@H]2C[C@@H]3C=C[C@H]2CC3)CC1. The number of likely N-dealkylation sites (tertiary alicyclic amines) is 1. The first-order valence-electron chi connectivity index (χ1n) is 10.4. The van der Waals surface area contributed by atoms with Crippen LogP contribution in [0.25, 0.3) is 0 Å². The van der Waals surface area contributed by atoms with Gasteiger partial charge in [0.2, 0.25) is 5.91 Å². The van der Waals surface area contributed by atoms with Gasteiger partial charge in [0.15, 0.2) is 0 Å². The number of allylic oxidation sites excluding steroid dienone is 2. The Hall–Kier alpha value is -1.36. The van der Waals surface area contributed by atoms with Crippen LogP contribution in [0, 0.1) is 35.5 Å². The van der Waals surface area contributed by atoms with Gasteiger partial charge in [-0.3, -0.25) is 9.59 Å². The molecule has 5 heteroatoms. The van der Waals surface area contributed by atoms with Crippen LogP contribution in [0.5, 0.6) is 0 Å². The minimum Gasteiger partial charge on any atom is -0.481 e. The van der Waals surface area contributed by atoms with Crippen molar-refractivity contribution in [2.45, 2.75) is 44.9 Å². The van der Waals surface area contributed by atoms with Gasteiger partial charge in [-0.1, -0.05) is 12.2 Å². The van der Waals surface area contributed by atoms with Crippen LogP contribution in [-0.2, 0) is 14.3 Å². The van der Waals surface area contributed by atoms with Gasteiger partial charge < -0.3 is 14.7 Å². The fourth-order valence-electron chi connectivity index (χ4n) is 5.79. The maximum atomic E-state index is 12.8. The lowest BCUT2D eigenvalue weighted by atomic mass is 9.68. The maximum absolute atomic E-state index is 12.8. The van der Waals surface area contributed by atoms with Crippen LogP contribution < -0.4 is 0 Å². The normalized spacial score (nSPS) is 37.7. The number of piperidine rings is 1. The van der Waals surface area contributed by atoms with E-state index in [0.717, 1.165) is 32.4 Å². The van der Waals surface area contributed by atoms with Gasteiger partial charge in [-0.25, -0.2) is 0 Å². The van der Waals surface area contributed by atoms with E-state index in [0.29, 0.717) is 49.2 Å². The van der Waals surface area contributed by atoms with Crippen LogP contribution in [0.3, 0.4) is 0 Å². The van der Waals surface area contributed by atoms with E-state index in [9.17, 15) is 14.7 Å². The highest BCUT2D eigenvalue weighted by Gasteiger charge is 2.39. The molecule has 0 aromatic carbocycles. The van der Waals surface area contributed by atoms with Gasteiger partial charge in [0.05, 0.1) is 12.5 Å². The Kier molecular flexibility index (Phi) is 5.35. The molecular formula is C21H31NO4. The summed E-state index contributed by atoms with van der Waals surface area (Å²) in [6.07, 6.45) is 11.9. The van der Waals surface area contributed by atoms with Gasteiger partial charge in [-0.05, 0) is 68.1 Å². The number of carbonyl (C=O) groups is 2.